The molecule has 0 saturated carbocycles. The fraction of sp³-hybridized carbons (Fsp3) is 0.214. The number of hydrogen-bond acceptors (Lipinski definition) is 6. The van der Waals surface area contributed by atoms with Gasteiger partial charge in [-0.2, -0.15) is 4.98 Å². The van der Waals surface area contributed by atoms with Gasteiger partial charge in [0.15, 0.2) is 11.5 Å². The number of nitrogens with zero attached hydrogens (tertiary/aromatic N) is 3. The molecule has 1 aromatic rings. The summed E-state index contributed by atoms with van der Waals surface area (Å²) >= 11 is 5.37. The molecule has 0 spiro atoms. The second-order valence-corrected chi connectivity index (χ2v) is 4.92. The van der Waals surface area contributed by atoms with E-state index in [1.165, 1.54) is 0 Å². The molecule has 9 heteroatoms. The van der Waals surface area contributed by atoms with E-state index in [2.05, 4.69) is 15.0 Å². The molecule has 118 valence electrons. The summed E-state index contributed by atoms with van der Waals surface area (Å²) in [4.78, 5) is 44.8. The molecule has 0 radical (unpaired) electrons. The number of aromatic nitrogens is 4. The first kappa shape index (κ1) is 15.2. The van der Waals surface area contributed by atoms with Crippen LogP contribution in [0.2, 0.25) is 0 Å². The lowest BCUT2D eigenvalue weighted by molar-refractivity contribution is -0.140. The normalized spacial score (nSPS) is 11.0. The van der Waals surface area contributed by atoms with Crippen LogP contribution in [0, 0.1) is 0 Å². The molecular weight excluding hydrogens is 324 g/mol. The van der Waals surface area contributed by atoms with Crippen molar-refractivity contribution in [2.24, 2.45) is 0 Å². The fourth-order valence-corrected chi connectivity index (χ4v) is 2.34. The number of halogens is 1. The van der Waals surface area contributed by atoms with Crippen molar-refractivity contribution >= 4 is 28.6 Å². The number of esters is 1. The van der Waals surface area contributed by atoms with Gasteiger partial charge >= 0.3 is 11.7 Å². The van der Waals surface area contributed by atoms with Gasteiger partial charge in [-0.15, -0.1) is 11.6 Å². The highest BCUT2D eigenvalue weighted by Gasteiger charge is 2.18. The minimum absolute atomic E-state index is 0.0298. The van der Waals surface area contributed by atoms with Crippen molar-refractivity contribution in [3.63, 3.8) is 0 Å². The number of carbonyl (C=O) groups is 1. The van der Waals surface area contributed by atoms with Gasteiger partial charge in [-0.1, -0.05) is 12.1 Å². The molecule has 0 fully saturated rings. The van der Waals surface area contributed by atoms with Crippen molar-refractivity contribution in [2.45, 2.75) is 6.54 Å². The monoisotopic (exact) mass is 334 g/mol. The van der Waals surface area contributed by atoms with Crippen molar-refractivity contribution in [3.05, 3.63) is 45.1 Å². The van der Waals surface area contributed by atoms with Gasteiger partial charge < -0.3 is 9.30 Å². The van der Waals surface area contributed by atoms with Crippen LogP contribution in [0.15, 0.2) is 33.9 Å². The zero-order valence-electron chi connectivity index (χ0n) is 11.8. The van der Waals surface area contributed by atoms with E-state index in [0.29, 0.717) is 11.0 Å². The maximum atomic E-state index is 11.9. The van der Waals surface area contributed by atoms with E-state index in [9.17, 15) is 14.4 Å². The van der Waals surface area contributed by atoms with Gasteiger partial charge in [0.05, 0.1) is 17.6 Å². The largest absolute Gasteiger partial charge is 0.463 e. The maximum Gasteiger partial charge on any atom is 0.349 e. The molecule has 0 saturated heterocycles. The first-order valence-electron chi connectivity index (χ1n) is 6.71. The van der Waals surface area contributed by atoms with Crippen LogP contribution in [0.4, 0.5) is 0 Å². The van der Waals surface area contributed by atoms with Crippen LogP contribution in [0.25, 0.3) is 22.6 Å². The van der Waals surface area contributed by atoms with Crippen molar-refractivity contribution in [1.29, 1.82) is 0 Å². The zero-order valence-corrected chi connectivity index (χ0v) is 12.5. The molecular formula is C14H11ClN4O4. The number of fused-ring (bicyclic) bond motifs is 2. The van der Waals surface area contributed by atoms with Gasteiger partial charge in [0.2, 0.25) is 0 Å². The summed E-state index contributed by atoms with van der Waals surface area (Å²) in [5, 5.41) is 0. The Morgan fingerprint density at radius 3 is 2.83 bits per heavy atom. The number of H-pyrrole nitrogens is 1. The Balaban J connectivity index is 2.16. The minimum Gasteiger partial charge on any atom is -0.463 e. The zero-order chi connectivity index (χ0) is 16.4. The third kappa shape index (κ3) is 2.93. The molecule has 2 aliphatic heterocycles. The van der Waals surface area contributed by atoms with E-state index >= 15 is 0 Å². The average molecular weight is 335 g/mol. The smallest absolute Gasteiger partial charge is 0.349 e. The predicted octanol–water partition coefficient (Wildman–Crippen LogP) is 0.367. The number of nitrogens with one attached hydrogen (secondary N) is 1. The topological polar surface area (TPSA) is 107 Å². The summed E-state index contributed by atoms with van der Waals surface area (Å²) < 4.78 is 6.57. The number of alkyl halides is 1. The fourth-order valence-electron chi connectivity index (χ4n) is 2.26. The summed E-state index contributed by atoms with van der Waals surface area (Å²) in [5.74, 6) is -0.657. The summed E-state index contributed by atoms with van der Waals surface area (Å²) in [6.07, 6.45) is 0. The van der Waals surface area contributed by atoms with Crippen LogP contribution in [-0.2, 0) is 16.1 Å². The Morgan fingerprint density at radius 1 is 1.26 bits per heavy atom. The van der Waals surface area contributed by atoms with Gasteiger partial charge in [-0.25, -0.2) is 9.78 Å². The molecule has 1 aromatic carbocycles. The maximum absolute atomic E-state index is 11.9. The van der Waals surface area contributed by atoms with Crippen molar-refractivity contribution in [1.82, 2.24) is 19.5 Å². The van der Waals surface area contributed by atoms with Crippen LogP contribution in [0.1, 0.15) is 0 Å². The number of benzene rings is 1. The van der Waals surface area contributed by atoms with E-state index in [0.717, 1.165) is 0 Å². The van der Waals surface area contributed by atoms with Gasteiger partial charge in [0.1, 0.15) is 12.5 Å². The van der Waals surface area contributed by atoms with Gasteiger partial charge in [0.25, 0.3) is 5.56 Å². The predicted molar refractivity (Wildman–Crippen MR) is 82.7 cm³/mol. The Kier molecular flexibility index (Phi) is 4.07. The highest BCUT2D eigenvalue weighted by atomic mass is 35.5. The third-order valence-electron chi connectivity index (χ3n) is 3.20. The minimum atomic E-state index is -0.758. The molecule has 0 aliphatic carbocycles. The summed E-state index contributed by atoms with van der Waals surface area (Å²) in [7, 11) is 0. The first-order valence-corrected chi connectivity index (χ1v) is 7.25. The van der Waals surface area contributed by atoms with Crippen molar-refractivity contribution < 1.29 is 9.53 Å². The average Bonchev–Trinajstić information content (AvgIpc) is 2.54. The molecule has 1 N–H and O–H groups in total. The lowest BCUT2D eigenvalue weighted by atomic mass is 10.2. The van der Waals surface area contributed by atoms with Crippen LogP contribution in [0.3, 0.4) is 0 Å². The number of ether oxygens (including phenoxy) is 1. The van der Waals surface area contributed by atoms with Gasteiger partial charge in [-0.05, 0) is 12.1 Å². The van der Waals surface area contributed by atoms with Crippen LogP contribution in [-0.4, -0.2) is 38.0 Å². The number of hydrogen-bond donors (Lipinski definition) is 1. The molecule has 23 heavy (non-hydrogen) atoms. The summed E-state index contributed by atoms with van der Waals surface area (Å²) in [6, 6.07) is 7.09. The molecule has 0 bridgehead atoms. The lowest BCUT2D eigenvalue weighted by Gasteiger charge is -2.16. The van der Waals surface area contributed by atoms with E-state index in [1.54, 1.807) is 28.8 Å². The molecule has 3 rings (SSSR count). The lowest BCUT2D eigenvalue weighted by Crippen LogP contribution is -2.29. The second kappa shape index (κ2) is 6.17. The van der Waals surface area contributed by atoms with Crippen LogP contribution >= 0.6 is 11.6 Å². The van der Waals surface area contributed by atoms with Crippen LogP contribution < -0.4 is 11.2 Å². The highest BCUT2D eigenvalue weighted by Crippen LogP contribution is 2.20. The molecule has 8 nitrogen and oxygen atoms in total. The molecule has 0 atom stereocenters. The number of para-hydroxylation sites is 2. The Labute approximate surface area is 134 Å². The molecule has 0 unspecified atom stereocenters. The van der Waals surface area contributed by atoms with E-state index < -0.39 is 17.2 Å². The molecule has 0 amide bonds. The van der Waals surface area contributed by atoms with Crippen molar-refractivity contribution in [2.75, 3.05) is 12.5 Å². The first-order chi connectivity index (χ1) is 11.1. The van der Waals surface area contributed by atoms with E-state index in [1.807, 2.05) is 0 Å². The summed E-state index contributed by atoms with van der Waals surface area (Å²) in [5.41, 5.74) is -0.0932. The molecule has 2 aliphatic rings. The van der Waals surface area contributed by atoms with Crippen LogP contribution in [0.5, 0.6) is 0 Å². The Bertz CT molecular complexity index is 965. The van der Waals surface area contributed by atoms with Gasteiger partial charge in [0, 0.05) is 0 Å². The number of aromatic amines is 1. The molecule has 0 aromatic heterocycles. The molecule has 2 heterocycles. The Hall–Kier alpha value is -2.74. The van der Waals surface area contributed by atoms with E-state index in [4.69, 9.17) is 16.3 Å². The van der Waals surface area contributed by atoms with Gasteiger partial charge in [-0.3, -0.25) is 14.6 Å². The SMILES string of the molecule is O=C(CCl)OCCn1c2nc(=O)[nH]c(=O)c-2nc2ccccc21. The number of rotatable bonds is 4. The van der Waals surface area contributed by atoms with E-state index in [-0.39, 0.29) is 30.5 Å². The quantitative estimate of drug-likeness (QED) is 0.419. The standard InChI is InChI=1S/C14H11ClN4O4/c15-7-10(20)23-6-5-19-9-4-2-1-3-8(9)16-11-12(19)17-14(22)18-13(11)21/h1-4H,5-7H2,(H,18,21,22). The highest BCUT2D eigenvalue weighted by molar-refractivity contribution is 6.26. The second-order valence-electron chi connectivity index (χ2n) is 4.65. The third-order valence-corrected chi connectivity index (χ3v) is 3.42. The summed E-state index contributed by atoms with van der Waals surface area (Å²) in [6.45, 7) is 0.236. The van der Waals surface area contributed by atoms with Crippen molar-refractivity contribution in [3.8, 4) is 11.5 Å². The Morgan fingerprint density at radius 2 is 2.04 bits per heavy atom. The number of carbonyl (C=O) groups excluding carboxylic acids is 1.